The molecule has 0 unspecified atom stereocenters. The lowest BCUT2D eigenvalue weighted by atomic mass is 9.64. The average molecular weight is 325 g/mol. The van der Waals surface area contributed by atoms with Gasteiger partial charge in [-0.25, -0.2) is 4.79 Å². The quantitative estimate of drug-likeness (QED) is 0.726. The van der Waals surface area contributed by atoms with Gasteiger partial charge in [0.2, 0.25) is 0 Å². The van der Waals surface area contributed by atoms with Gasteiger partial charge in [0.25, 0.3) is 0 Å². The standard InChI is InChI=1S/C12H21NO2.C2HF3O2/c14-11(15)12(6-8-13-9-7-12)10-4-2-1-3-5-10;3-2(4,5)1(6)7/h10,13H,1-9H2,(H,14,15);(H,6,7). The zero-order valence-corrected chi connectivity index (χ0v) is 12.3. The van der Waals surface area contributed by atoms with E-state index in [0.717, 1.165) is 38.8 Å². The minimum absolute atomic E-state index is 0.397. The number of nitrogens with one attached hydrogen (secondary N) is 1. The Bertz CT molecular complexity index is 386. The first-order valence-electron chi connectivity index (χ1n) is 7.44. The molecule has 1 aliphatic heterocycles. The van der Waals surface area contributed by atoms with E-state index in [9.17, 15) is 23.1 Å². The zero-order chi connectivity index (χ0) is 16.8. The molecule has 128 valence electrons. The maximum absolute atomic E-state index is 11.5. The van der Waals surface area contributed by atoms with Crippen LogP contribution in [0.5, 0.6) is 0 Å². The molecule has 3 N–H and O–H groups in total. The van der Waals surface area contributed by atoms with Crippen molar-refractivity contribution >= 4 is 11.9 Å². The molecule has 0 atom stereocenters. The van der Waals surface area contributed by atoms with Crippen LogP contribution in [0.15, 0.2) is 0 Å². The van der Waals surface area contributed by atoms with E-state index in [2.05, 4.69) is 5.32 Å². The molecule has 8 heteroatoms. The van der Waals surface area contributed by atoms with Gasteiger partial charge in [-0.2, -0.15) is 13.2 Å². The minimum Gasteiger partial charge on any atom is -0.481 e. The second-order valence-corrected chi connectivity index (χ2v) is 5.85. The van der Waals surface area contributed by atoms with E-state index < -0.39 is 23.5 Å². The number of hydrogen-bond acceptors (Lipinski definition) is 3. The van der Waals surface area contributed by atoms with Gasteiger partial charge in [-0.05, 0) is 44.7 Å². The van der Waals surface area contributed by atoms with Crippen LogP contribution in [0.25, 0.3) is 0 Å². The summed E-state index contributed by atoms with van der Waals surface area (Å²) < 4.78 is 31.7. The number of carboxylic acid groups (broad SMARTS) is 2. The highest BCUT2D eigenvalue weighted by molar-refractivity contribution is 5.75. The molecule has 0 aromatic rings. The number of halogens is 3. The molecule has 22 heavy (non-hydrogen) atoms. The van der Waals surface area contributed by atoms with Crippen LogP contribution >= 0.6 is 0 Å². The number of piperidine rings is 1. The van der Waals surface area contributed by atoms with Gasteiger partial charge < -0.3 is 15.5 Å². The van der Waals surface area contributed by atoms with Crippen LogP contribution in [0.1, 0.15) is 44.9 Å². The minimum atomic E-state index is -5.08. The van der Waals surface area contributed by atoms with Crippen molar-refractivity contribution in [3.63, 3.8) is 0 Å². The normalized spacial score (nSPS) is 22.3. The van der Waals surface area contributed by atoms with Gasteiger partial charge >= 0.3 is 18.1 Å². The monoisotopic (exact) mass is 325 g/mol. The van der Waals surface area contributed by atoms with Crippen molar-refractivity contribution in [3.8, 4) is 0 Å². The first-order chi connectivity index (χ1) is 10.2. The number of rotatable bonds is 2. The molecular weight excluding hydrogens is 303 g/mol. The molecule has 2 rings (SSSR count). The SMILES string of the molecule is O=C(O)C(F)(F)F.O=C(O)C1(C2CCCCC2)CCNCC1. The third-order valence-electron chi connectivity index (χ3n) is 4.55. The van der Waals surface area contributed by atoms with Crippen LogP contribution < -0.4 is 5.32 Å². The van der Waals surface area contributed by atoms with E-state index >= 15 is 0 Å². The van der Waals surface area contributed by atoms with E-state index in [0.29, 0.717) is 5.92 Å². The van der Waals surface area contributed by atoms with Gasteiger partial charge in [-0.3, -0.25) is 4.79 Å². The fourth-order valence-electron chi connectivity index (χ4n) is 3.32. The van der Waals surface area contributed by atoms with Crippen molar-refractivity contribution in [1.29, 1.82) is 0 Å². The first-order valence-corrected chi connectivity index (χ1v) is 7.44. The summed E-state index contributed by atoms with van der Waals surface area (Å²) in [7, 11) is 0. The van der Waals surface area contributed by atoms with E-state index in [1.807, 2.05) is 0 Å². The van der Waals surface area contributed by atoms with Crippen LogP contribution in [-0.2, 0) is 9.59 Å². The van der Waals surface area contributed by atoms with Crippen molar-refractivity contribution in [1.82, 2.24) is 5.32 Å². The summed E-state index contributed by atoms with van der Waals surface area (Å²) in [5, 5.41) is 19.9. The molecule has 0 spiro atoms. The summed E-state index contributed by atoms with van der Waals surface area (Å²) in [6.45, 7) is 1.76. The molecule has 2 aliphatic rings. The number of hydrogen-bond donors (Lipinski definition) is 3. The Morgan fingerprint density at radius 1 is 1.00 bits per heavy atom. The summed E-state index contributed by atoms with van der Waals surface area (Å²) in [6, 6.07) is 0. The molecule has 0 bridgehead atoms. The third kappa shape index (κ3) is 4.86. The molecule has 0 radical (unpaired) electrons. The second kappa shape index (κ2) is 7.80. The summed E-state index contributed by atoms with van der Waals surface area (Å²) in [6.07, 6.45) is 2.59. The van der Waals surface area contributed by atoms with Crippen LogP contribution in [-0.4, -0.2) is 41.4 Å². The summed E-state index contributed by atoms with van der Waals surface area (Å²) in [4.78, 5) is 20.4. The van der Waals surface area contributed by atoms with Crippen LogP contribution in [0.2, 0.25) is 0 Å². The largest absolute Gasteiger partial charge is 0.490 e. The number of alkyl halides is 3. The smallest absolute Gasteiger partial charge is 0.481 e. The topological polar surface area (TPSA) is 86.6 Å². The maximum atomic E-state index is 11.5. The van der Waals surface area contributed by atoms with E-state index in [1.165, 1.54) is 19.3 Å². The molecule has 0 aromatic heterocycles. The summed E-state index contributed by atoms with van der Waals surface area (Å²) in [5.74, 6) is -2.87. The highest BCUT2D eigenvalue weighted by Gasteiger charge is 2.46. The van der Waals surface area contributed by atoms with Gasteiger partial charge in [0.1, 0.15) is 0 Å². The highest BCUT2D eigenvalue weighted by atomic mass is 19.4. The predicted molar refractivity (Wildman–Crippen MR) is 72.4 cm³/mol. The second-order valence-electron chi connectivity index (χ2n) is 5.85. The molecule has 2 fully saturated rings. The summed E-state index contributed by atoms with van der Waals surface area (Å²) >= 11 is 0. The van der Waals surface area contributed by atoms with Gasteiger partial charge in [0.05, 0.1) is 5.41 Å². The number of carboxylic acids is 2. The van der Waals surface area contributed by atoms with Crippen molar-refractivity contribution in [3.05, 3.63) is 0 Å². The fourth-order valence-corrected chi connectivity index (χ4v) is 3.32. The Morgan fingerprint density at radius 2 is 1.45 bits per heavy atom. The fraction of sp³-hybridized carbons (Fsp3) is 0.857. The average Bonchev–Trinajstić information content (AvgIpc) is 2.48. The lowest BCUT2D eigenvalue weighted by molar-refractivity contribution is -0.192. The van der Waals surface area contributed by atoms with Crippen LogP contribution in [0, 0.1) is 11.3 Å². The Labute approximate surface area is 126 Å². The van der Waals surface area contributed by atoms with Crippen molar-refractivity contribution < 1.29 is 33.0 Å². The Hall–Kier alpha value is -1.31. The van der Waals surface area contributed by atoms with E-state index in [4.69, 9.17) is 9.90 Å². The predicted octanol–water partition coefficient (Wildman–Crippen LogP) is 2.65. The molecule has 0 aromatic carbocycles. The van der Waals surface area contributed by atoms with Crippen LogP contribution in [0.3, 0.4) is 0 Å². The molecule has 5 nitrogen and oxygen atoms in total. The lowest BCUT2D eigenvalue weighted by Crippen LogP contribution is -2.47. The molecule has 0 amide bonds. The number of aliphatic carboxylic acids is 2. The van der Waals surface area contributed by atoms with Crippen molar-refractivity contribution in [2.24, 2.45) is 11.3 Å². The zero-order valence-electron chi connectivity index (χ0n) is 12.3. The van der Waals surface area contributed by atoms with Crippen LogP contribution in [0.4, 0.5) is 13.2 Å². The Kier molecular flexibility index (Phi) is 6.65. The lowest BCUT2D eigenvalue weighted by Gasteiger charge is -2.42. The van der Waals surface area contributed by atoms with Gasteiger partial charge in [0.15, 0.2) is 0 Å². The van der Waals surface area contributed by atoms with E-state index in [-0.39, 0.29) is 0 Å². The van der Waals surface area contributed by atoms with Gasteiger partial charge in [0, 0.05) is 0 Å². The first kappa shape index (κ1) is 18.7. The van der Waals surface area contributed by atoms with Gasteiger partial charge in [-0.1, -0.05) is 19.3 Å². The van der Waals surface area contributed by atoms with Crippen molar-refractivity contribution in [2.75, 3.05) is 13.1 Å². The number of carbonyl (C=O) groups is 2. The van der Waals surface area contributed by atoms with Crippen molar-refractivity contribution in [2.45, 2.75) is 51.1 Å². The molecule has 1 saturated carbocycles. The summed E-state index contributed by atoms with van der Waals surface area (Å²) in [5.41, 5.74) is -0.397. The van der Waals surface area contributed by atoms with Gasteiger partial charge in [-0.15, -0.1) is 0 Å². The third-order valence-corrected chi connectivity index (χ3v) is 4.55. The molecule has 1 heterocycles. The Balaban J connectivity index is 0.000000295. The highest BCUT2D eigenvalue weighted by Crippen LogP contribution is 2.44. The molecule has 1 saturated heterocycles. The Morgan fingerprint density at radius 3 is 1.82 bits per heavy atom. The maximum Gasteiger partial charge on any atom is 0.490 e. The van der Waals surface area contributed by atoms with E-state index in [1.54, 1.807) is 0 Å². The molecule has 1 aliphatic carbocycles. The molecular formula is C14H22F3NO4.